The number of likely N-dealkylation sites (tertiary alicyclic amines) is 1. The molecule has 1 amide bonds. The van der Waals surface area contributed by atoms with E-state index in [2.05, 4.69) is 5.10 Å². The third-order valence-corrected chi connectivity index (χ3v) is 4.72. The third kappa shape index (κ3) is 3.45. The van der Waals surface area contributed by atoms with E-state index >= 15 is 0 Å². The van der Waals surface area contributed by atoms with Crippen LogP contribution in [0.25, 0.3) is 0 Å². The second kappa shape index (κ2) is 6.96. The Balaban J connectivity index is 1.57. The van der Waals surface area contributed by atoms with E-state index in [-0.39, 0.29) is 17.9 Å². The predicted molar refractivity (Wildman–Crippen MR) is 87.6 cm³/mol. The highest BCUT2D eigenvalue weighted by atomic mass is 16.3. The van der Waals surface area contributed by atoms with Crippen LogP contribution < -0.4 is 0 Å². The molecule has 2 atom stereocenters. The summed E-state index contributed by atoms with van der Waals surface area (Å²) < 4.78 is 1.69. The minimum atomic E-state index is -0.447. The van der Waals surface area contributed by atoms with Gasteiger partial charge in [0.25, 0.3) is 0 Å². The second-order valence-electron chi connectivity index (χ2n) is 6.18. The lowest BCUT2D eigenvalue weighted by molar-refractivity contribution is -0.136. The van der Waals surface area contributed by atoms with Gasteiger partial charge in [0.2, 0.25) is 5.91 Å². The zero-order chi connectivity index (χ0) is 16.2. The minimum Gasteiger partial charge on any atom is -0.388 e. The van der Waals surface area contributed by atoms with Gasteiger partial charge in [-0.1, -0.05) is 30.3 Å². The van der Waals surface area contributed by atoms with E-state index in [1.165, 1.54) is 0 Å². The van der Waals surface area contributed by atoms with E-state index in [1.54, 1.807) is 10.9 Å². The molecule has 0 saturated carbocycles. The van der Waals surface area contributed by atoms with E-state index in [4.69, 9.17) is 0 Å². The molecule has 3 rings (SSSR count). The van der Waals surface area contributed by atoms with Gasteiger partial charge in [-0.25, -0.2) is 0 Å². The van der Waals surface area contributed by atoms with E-state index in [0.29, 0.717) is 13.1 Å². The molecule has 0 unspecified atom stereocenters. The van der Waals surface area contributed by atoms with Crippen LogP contribution in [-0.2, 0) is 4.79 Å². The average molecular weight is 313 g/mol. The highest BCUT2D eigenvalue weighted by molar-refractivity contribution is 5.80. The predicted octanol–water partition coefficient (Wildman–Crippen LogP) is 2.42. The molecule has 23 heavy (non-hydrogen) atoms. The Morgan fingerprint density at radius 3 is 2.52 bits per heavy atom. The molecule has 2 heterocycles. The zero-order valence-electron chi connectivity index (χ0n) is 13.4. The van der Waals surface area contributed by atoms with E-state index < -0.39 is 6.10 Å². The van der Waals surface area contributed by atoms with Crippen molar-refractivity contribution in [2.75, 3.05) is 13.1 Å². The van der Waals surface area contributed by atoms with E-state index in [9.17, 15) is 9.90 Å². The topological polar surface area (TPSA) is 58.4 Å². The Morgan fingerprint density at radius 2 is 1.91 bits per heavy atom. The fraction of sp³-hybridized carbons (Fsp3) is 0.444. The number of aliphatic hydroxyl groups excluding tert-OH is 1. The lowest BCUT2D eigenvalue weighted by Crippen LogP contribution is -2.42. The summed E-state index contributed by atoms with van der Waals surface area (Å²) in [5, 5.41) is 14.7. The van der Waals surface area contributed by atoms with Crippen LogP contribution in [-0.4, -0.2) is 38.8 Å². The van der Waals surface area contributed by atoms with E-state index in [0.717, 1.165) is 18.4 Å². The fourth-order valence-corrected chi connectivity index (χ4v) is 3.25. The number of piperidine rings is 1. The third-order valence-electron chi connectivity index (χ3n) is 4.72. The molecular weight excluding hydrogens is 290 g/mol. The molecule has 0 radical (unpaired) electrons. The monoisotopic (exact) mass is 313 g/mol. The van der Waals surface area contributed by atoms with Crippen molar-refractivity contribution in [2.45, 2.75) is 31.9 Å². The standard InChI is InChI=1S/C18H23N3O2/c1-14(21-11-5-10-19-21)18(23)20-12-8-16(9-13-20)17(22)15-6-3-2-4-7-15/h2-7,10-11,14,16-17,22H,8-9,12-13H2,1H3/t14-,17+/m1/s1. The summed E-state index contributed by atoms with van der Waals surface area (Å²) >= 11 is 0. The molecule has 2 aromatic rings. The molecule has 1 aromatic heterocycles. The van der Waals surface area contributed by atoms with Crippen molar-refractivity contribution in [3.63, 3.8) is 0 Å². The number of aromatic nitrogens is 2. The van der Waals surface area contributed by atoms with Crippen LogP contribution in [0.15, 0.2) is 48.8 Å². The Kier molecular flexibility index (Phi) is 4.76. The van der Waals surface area contributed by atoms with Gasteiger partial charge in [-0.05, 0) is 37.3 Å². The maximum absolute atomic E-state index is 12.5. The van der Waals surface area contributed by atoms with Crippen molar-refractivity contribution in [1.82, 2.24) is 14.7 Å². The molecule has 122 valence electrons. The van der Waals surface area contributed by atoms with Crippen LogP contribution in [0.5, 0.6) is 0 Å². The van der Waals surface area contributed by atoms with E-state index in [1.807, 2.05) is 54.4 Å². The fourth-order valence-electron chi connectivity index (χ4n) is 3.25. The Labute approximate surface area is 136 Å². The largest absolute Gasteiger partial charge is 0.388 e. The van der Waals surface area contributed by atoms with Crippen LogP contribution in [0, 0.1) is 5.92 Å². The second-order valence-corrected chi connectivity index (χ2v) is 6.18. The smallest absolute Gasteiger partial charge is 0.247 e. The molecular formula is C18H23N3O2. The average Bonchev–Trinajstić information content (AvgIpc) is 3.15. The number of amides is 1. The lowest BCUT2D eigenvalue weighted by Gasteiger charge is -2.35. The van der Waals surface area contributed by atoms with Crippen LogP contribution in [0.1, 0.15) is 37.5 Å². The van der Waals surface area contributed by atoms with Crippen molar-refractivity contribution in [3.8, 4) is 0 Å². The number of nitrogens with zero attached hydrogens (tertiary/aromatic N) is 3. The van der Waals surface area contributed by atoms with Gasteiger partial charge in [-0.2, -0.15) is 5.10 Å². The first kappa shape index (κ1) is 15.7. The van der Waals surface area contributed by atoms with Crippen molar-refractivity contribution < 1.29 is 9.90 Å². The van der Waals surface area contributed by atoms with Gasteiger partial charge in [0.1, 0.15) is 6.04 Å². The van der Waals surface area contributed by atoms with Gasteiger partial charge in [0.15, 0.2) is 0 Å². The number of hydrogen-bond acceptors (Lipinski definition) is 3. The highest BCUT2D eigenvalue weighted by Gasteiger charge is 2.30. The van der Waals surface area contributed by atoms with Gasteiger partial charge in [0, 0.05) is 25.5 Å². The first-order valence-corrected chi connectivity index (χ1v) is 8.17. The number of hydrogen-bond donors (Lipinski definition) is 1. The molecule has 1 N–H and O–H groups in total. The molecule has 5 heteroatoms. The summed E-state index contributed by atoms with van der Waals surface area (Å²) in [6, 6.07) is 11.3. The van der Waals surface area contributed by atoms with Crippen molar-refractivity contribution in [2.24, 2.45) is 5.92 Å². The van der Waals surface area contributed by atoms with Crippen molar-refractivity contribution in [3.05, 3.63) is 54.4 Å². The number of carbonyl (C=O) groups excluding carboxylic acids is 1. The normalized spacial score (nSPS) is 18.6. The van der Waals surface area contributed by atoms with Crippen LogP contribution in [0.3, 0.4) is 0 Å². The van der Waals surface area contributed by atoms with Gasteiger partial charge in [-0.15, -0.1) is 0 Å². The molecule has 1 fully saturated rings. The van der Waals surface area contributed by atoms with Gasteiger partial charge in [-0.3, -0.25) is 9.48 Å². The quantitative estimate of drug-likeness (QED) is 0.943. The van der Waals surface area contributed by atoms with Gasteiger partial charge >= 0.3 is 0 Å². The Bertz CT molecular complexity index is 619. The minimum absolute atomic E-state index is 0.0985. The summed E-state index contributed by atoms with van der Waals surface area (Å²) in [7, 11) is 0. The number of aliphatic hydroxyl groups is 1. The number of benzene rings is 1. The lowest BCUT2D eigenvalue weighted by atomic mass is 9.87. The van der Waals surface area contributed by atoms with Gasteiger partial charge < -0.3 is 10.0 Å². The SMILES string of the molecule is C[C@H](C(=O)N1CCC([C@@H](O)c2ccccc2)CC1)n1cccn1. The van der Waals surface area contributed by atoms with Crippen molar-refractivity contribution in [1.29, 1.82) is 0 Å². The Hall–Kier alpha value is -2.14. The summed E-state index contributed by atoms with van der Waals surface area (Å²) in [6.45, 7) is 3.26. The molecule has 0 bridgehead atoms. The molecule has 5 nitrogen and oxygen atoms in total. The Morgan fingerprint density at radius 1 is 1.22 bits per heavy atom. The van der Waals surface area contributed by atoms with Crippen LogP contribution in [0.2, 0.25) is 0 Å². The van der Waals surface area contributed by atoms with Crippen LogP contribution >= 0.6 is 0 Å². The first-order valence-electron chi connectivity index (χ1n) is 8.17. The summed E-state index contributed by atoms with van der Waals surface area (Å²) in [4.78, 5) is 14.4. The maximum atomic E-state index is 12.5. The molecule has 1 saturated heterocycles. The zero-order valence-corrected chi connectivity index (χ0v) is 13.4. The number of carbonyl (C=O) groups is 1. The van der Waals surface area contributed by atoms with Crippen molar-refractivity contribution >= 4 is 5.91 Å². The molecule has 1 aromatic carbocycles. The molecule has 1 aliphatic heterocycles. The first-order chi connectivity index (χ1) is 11.2. The molecule has 1 aliphatic rings. The summed E-state index contributed by atoms with van der Waals surface area (Å²) in [6.07, 6.45) is 4.71. The molecule has 0 spiro atoms. The van der Waals surface area contributed by atoms with Crippen LogP contribution in [0.4, 0.5) is 0 Å². The summed E-state index contributed by atoms with van der Waals surface area (Å²) in [5.74, 6) is 0.308. The molecule has 0 aliphatic carbocycles. The highest BCUT2D eigenvalue weighted by Crippen LogP contribution is 2.31. The maximum Gasteiger partial charge on any atom is 0.247 e. The summed E-state index contributed by atoms with van der Waals surface area (Å²) in [5.41, 5.74) is 0.960. The number of rotatable bonds is 4. The van der Waals surface area contributed by atoms with Gasteiger partial charge in [0.05, 0.1) is 6.10 Å².